The Kier molecular flexibility index (Phi) is 20.0. The Balaban J connectivity index is 1.19. The third kappa shape index (κ3) is 14.8. The molecule has 2 aliphatic carbocycles. The van der Waals surface area contributed by atoms with Gasteiger partial charge in [0.05, 0.1) is 37.7 Å². The summed E-state index contributed by atoms with van der Waals surface area (Å²) >= 11 is 0. The minimum atomic E-state index is -4.84. The molecule has 5 aliphatic rings. The highest BCUT2D eigenvalue weighted by molar-refractivity contribution is 7.80. The standard InChI is InChI=1S/C43H71N7O18S/c1-4-26-19-27(39(57)44-12-13-45-40(58)28-21-50(48-47-28)16-9-17-63-69(60,61)62)20-29(37(26)68-43-36(56)35(55)33(53)23(2)64-43)66-42-32(46-24(3)52)38(34(54)31(22-51)67-42)65-30(41(59)49-14-8-15-49)18-25-10-6-5-7-11-25/h21,23,25-27,29-38,42-43,51,53-56H,4-20,22H2,1-3H3,(H,44,57)(H,45,58)(H,46,52)(H,60,61,62)/p-1/t23?,26?,27?,29-,30+,31+,32?,33-,34+,35+,36?,37-,38?,42-,43+/m1/s1. The van der Waals surface area contributed by atoms with Crippen LogP contribution in [0, 0.1) is 17.8 Å². The van der Waals surface area contributed by atoms with Gasteiger partial charge in [-0.05, 0) is 50.9 Å². The summed E-state index contributed by atoms with van der Waals surface area (Å²) in [6.07, 6.45) is -7.59. The molecule has 6 unspecified atom stereocenters. The van der Waals surface area contributed by atoms with Crippen molar-refractivity contribution in [1.82, 2.24) is 35.8 Å². The highest BCUT2D eigenvalue weighted by atomic mass is 32.3. The van der Waals surface area contributed by atoms with Crippen LogP contribution in [0.4, 0.5) is 0 Å². The van der Waals surface area contributed by atoms with Gasteiger partial charge in [0.25, 0.3) is 11.8 Å². The summed E-state index contributed by atoms with van der Waals surface area (Å²) in [4.78, 5) is 55.4. The molecule has 5 fully saturated rings. The van der Waals surface area contributed by atoms with Crippen LogP contribution >= 0.6 is 0 Å². The number of hydrogen-bond donors (Lipinski definition) is 8. The molecule has 0 aromatic carbocycles. The number of aromatic nitrogens is 3. The Morgan fingerprint density at radius 1 is 0.928 bits per heavy atom. The lowest BCUT2D eigenvalue weighted by atomic mass is 9.75. The number of nitrogens with one attached hydrogen (secondary N) is 3. The van der Waals surface area contributed by atoms with Gasteiger partial charge in [0.15, 0.2) is 18.3 Å². The van der Waals surface area contributed by atoms with Crippen molar-refractivity contribution in [2.75, 3.05) is 39.4 Å². The SMILES string of the molecule is CCC1CC(C(=O)NCCNC(=O)c2cn(CCCOS(=O)(=O)[O-])nn2)C[C@@H](O[C@@H]2O[C@@H](CO)[C@H](O)C(O[C@@H](CC3CCCCC3)C(=O)N3CCC3)C2NC(C)=O)[C@@H]1O[C@@H]1OC(C)[C@@H](O)[C@H](O)C1O. The zero-order valence-electron chi connectivity index (χ0n) is 39.3. The molecule has 4 heterocycles. The molecule has 3 aliphatic heterocycles. The van der Waals surface area contributed by atoms with Gasteiger partial charge < -0.3 is 74.6 Å². The molecule has 0 bridgehead atoms. The first kappa shape index (κ1) is 54.8. The van der Waals surface area contributed by atoms with Crippen LogP contribution in [-0.2, 0) is 59.2 Å². The maximum Gasteiger partial charge on any atom is 0.273 e. The van der Waals surface area contributed by atoms with E-state index in [2.05, 4.69) is 30.4 Å². The molecule has 8 N–H and O–H groups in total. The summed E-state index contributed by atoms with van der Waals surface area (Å²) in [5.74, 6) is -2.82. The van der Waals surface area contributed by atoms with E-state index in [9.17, 15) is 57.7 Å². The van der Waals surface area contributed by atoms with Gasteiger partial charge in [0, 0.05) is 45.6 Å². The summed E-state index contributed by atoms with van der Waals surface area (Å²) in [6.45, 7) is 4.75. The van der Waals surface area contributed by atoms with Crippen molar-refractivity contribution in [2.24, 2.45) is 17.8 Å². The molecule has 69 heavy (non-hydrogen) atoms. The van der Waals surface area contributed by atoms with Crippen LogP contribution in [-0.4, -0.2) is 201 Å². The van der Waals surface area contributed by atoms with E-state index < -0.39 is 126 Å². The minimum Gasteiger partial charge on any atom is -0.726 e. The number of carbonyl (C=O) groups is 4. The molecule has 25 nitrogen and oxygen atoms in total. The van der Waals surface area contributed by atoms with Crippen LogP contribution < -0.4 is 16.0 Å². The predicted octanol–water partition coefficient (Wildman–Crippen LogP) is -2.44. The van der Waals surface area contributed by atoms with Gasteiger partial charge in [-0.15, -0.1) is 5.10 Å². The quantitative estimate of drug-likeness (QED) is 0.0340. The summed E-state index contributed by atoms with van der Waals surface area (Å²) in [7, 11) is -4.84. The van der Waals surface area contributed by atoms with Crippen LogP contribution in [0.15, 0.2) is 6.20 Å². The number of amides is 4. The number of ether oxygens (including phenoxy) is 5. The topological polar surface area (TPSA) is 352 Å². The summed E-state index contributed by atoms with van der Waals surface area (Å²) in [6, 6.07) is -1.26. The second-order valence-corrected chi connectivity index (χ2v) is 19.8. The van der Waals surface area contributed by atoms with Gasteiger partial charge in [0.2, 0.25) is 22.2 Å². The third-order valence-corrected chi connectivity index (χ3v) is 14.2. The van der Waals surface area contributed by atoms with E-state index in [0.717, 1.165) is 38.5 Å². The molecule has 2 saturated carbocycles. The Morgan fingerprint density at radius 2 is 1.65 bits per heavy atom. The molecule has 3 saturated heterocycles. The molecule has 0 radical (unpaired) electrons. The molecule has 6 rings (SSSR count). The molecule has 4 amide bonds. The van der Waals surface area contributed by atoms with Gasteiger partial charge in [0.1, 0.15) is 48.8 Å². The zero-order valence-corrected chi connectivity index (χ0v) is 40.1. The van der Waals surface area contributed by atoms with Gasteiger partial charge in [-0.3, -0.25) is 28.0 Å². The van der Waals surface area contributed by atoms with Crippen molar-refractivity contribution in [3.8, 4) is 0 Å². The first-order valence-corrected chi connectivity index (χ1v) is 25.4. The lowest BCUT2D eigenvalue weighted by Gasteiger charge is -2.49. The van der Waals surface area contributed by atoms with Crippen molar-refractivity contribution >= 4 is 34.0 Å². The second kappa shape index (κ2) is 25.2. The molecule has 1 aromatic rings. The number of nitrogens with zero attached hydrogens (tertiary/aromatic N) is 4. The van der Waals surface area contributed by atoms with E-state index in [1.54, 1.807) is 4.90 Å². The van der Waals surface area contributed by atoms with Gasteiger partial charge in [-0.2, -0.15) is 0 Å². The highest BCUT2D eigenvalue weighted by Gasteiger charge is 2.53. The molecule has 15 atom stereocenters. The number of carbonyl (C=O) groups excluding carboxylic acids is 4. The lowest BCUT2D eigenvalue weighted by molar-refractivity contribution is -0.338. The van der Waals surface area contributed by atoms with E-state index >= 15 is 0 Å². The molecular formula is C43H70N7O18S-. The van der Waals surface area contributed by atoms with Crippen molar-refractivity contribution in [1.29, 1.82) is 0 Å². The number of rotatable bonds is 22. The Bertz CT molecular complexity index is 1960. The van der Waals surface area contributed by atoms with Crippen molar-refractivity contribution in [3.05, 3.63) is 11.9 Å². The van der Waals surface area contributed by atoms with Gasteiger partial charge in [-0.1, -0.05) is 50.7 Å². The molecule has 0 spiro atoms. The number of aryl methyl sites for hydroxylation is 1. The maximum atomic E-state index is 14.0. The first-order chi connectivity index (χ1) is 32.9. The minimum absolute atomic E-state index is 0.0116. The van der Waals surface area contributed by atoms with E-state index in [1.807, 2.05) is 6.92 Å². The summed E-state index contributed by atoms with van der Waals surface area (Å²) < 4.78 is 69.2. The highest BCUT2D eigenvalue weighted by Crippen LogP contribution is 2.40. The molecule has 392 valence electrons. The Hall–Kier alpha value is -3.51. The average Bonchev–Trinajstić information content (AvgIpc) is 3.78. The Labute approximate surface area is 401 Å². The van der Waals surface area contributed by atoms with Crippen molar-refractivity contribution < 1.29 is 85.5 Å². The average molecular weight is 1010 g/mol. The van der Waals surface area contributed by atoms with Crippen molar-refractivity contribution in [3.63, 3.8) is 0 Å². The van der Waals surface area contributed by atoms with Crippen LogP contribution in [0.5, 0.6) is 0 Å². The number of aliphatic hydroxyl groups excluding tert-OH is 5. The smallest absolute Gasteiger partial charge is 0.273 e. The van der Waals surface area contributed by atoms with E-state index in [1.165, 1.54) is 24.7 Å². The molecular weight excluding hydrogens is 935 g/mol. The fourth-order valence-electron chi connectivity index (χ4n) is 9.81. The van der Waals surface area contributed by atoms with Gasteiger partial charge >= 0.3 is 0 Å². The van der Waals surface area contributed by atoms with Crippen LogP contribution in [0.2, 0.25) is 0 Å². The normalized spacial score (nSPS) is 33.8. The van der Waals surface area contributed by atoms with Gasteiger partial charge in [-0.25, -0.2) is 8.42 Å². The fraction of sp³-hybridized carbons (Fsp3) is 0.860. The molecule has 1 aromatic heterocycles. The molecule has 26 heteroatoms. The summed E-state index contributed by atoms with van der Waals surface area (Å²) in [5.41, 5.74) is -0.0557. The predicted molar refractivity (Wildman–Crippen MR) is 235 cm³/mol. The third-order valence-electron chi connectivity index (χ3n) is 13.7. The second-order valence-electron chi connectivity index (χ2n) is 18.7. The van der Waals surface area contributed by atoms with E-state index in [-0.39, 0.29) is 63.0 Å². The van der Waals surface area contributed by atoms with Crippen LogP contribution in [0.1, 0.15) is 102 Å². The maximum absolute atomic E-state index is 14.0. The fourth-order valence-corrected chi connectivity index (χ4v) is 10.1. The zero-order chi connectivity index (χ0) is 50.0. The number of hydrogen-bond acceptors (Lipinski definition) is 20. The monoisotopic (exact) mass is 1000 g/mol. The first-order valence-electron chi connectivity index (χ1n) is 24.1. The summed E-state index contributed by atoms with van der Waals surface area (Å²) in [5, 5.41) is 70.3. The van der Waals surface area contributed by atoms with Crippen molar-refractivity contribution in [2.45, 2.75) is 178 Å². The lowest BCUT2D eigenvalue weighted by Crippen LogP contribution is -2.67. The Morgan fingerprint density at radius 3 is 2.30 bits per heavy atom. The van der Waals surface area contributed by atoms with E-state index in [0.29, 0.717) is 25.9 Å². The van der Waals surface area contributed by atoms with Crippen LogP contribution in [0.3, 0.4) is 0 Å². The van der Waals surface area contributed by atoms with E-state index in [4.69, 9.17) is 23.7 Å². The largest absolute Gasteiger partial charge is 0.726 e. The number of likely N-dealkylation sites (tertiary alicyclic amines) is 1. The number of aliphatic hydroxyl groups is 5. The van der Waals surface area contributed by atoms with Crippen LogP contribution in [0.25, 0.3) is 0 Å².